The van der Waals surface area contributed by atoms with E-state index < -0.39 is 0 Å². The number of rotatable bonds is 6. The van der Waals surface area contributed by atoms with Gasteiger partial charge in [0.2, 0.25) is 0 Å². The first-order valence-electron chi connectivity index (χ1n) is 5.87. The van der Waals surface area contributed by atoms with Crippen molar-refractivity contribution in [1.82, 2.24) is 4.90 Å². The molecule has 18 heavy (non-hydrogen) atoms. The van der Waals surface area contributed by atoms with Gasteiger partial charge in [-0.3, -0.25) is 4.79 Å². The second-order valence-electron chi connectivity index (χ2n) is 4.14. The van der Waals surface area contributed by atoms with Gasteiger partial charge in [0.05, 0.1) is 5.02 Å². The molecule has 1 rings (SSSR count). The number of halogens is 2. The van der Waals surface area contributed by atoms with Crippen LogP contribution in [0.4, 0.5) is 0 Å². The number of hydrogen-bond acceptors (Lipinski definition) is 2. The molecule has 0 atom stereocenters. The van der Waals surface area contributed by atoms with E-state index in [2.05, 4.69) is 15.9 Å². The van der Waals surface area contributed by atoms with Crippen LogP contribution < -0.4 is 0 Å². The number of benzene rings is 1. The van der Waals surface area contributed by atoms with Gasteiger partial charge in [-0.1, -0.05) is 11.6 Å². The van der Waals surface area contributed by atoms with Crippen LogP contribution in [0.1, 0.15) is 29.6 Å². The minimum Gasteiger partial charge on any atom is -0.396 e. The van der Waals surface area contributed by atoms with Gasteiger partial charge in [0, 0.05) is 30.2 Å². The Kier molecular flexibility index (Phi) is 6.68. The van der Waals surface area contributed by atoms with E-state index in [9.17, 15) is 4.79 Å². The maximum atomic E-state index is 12.1. The standard InChI is InChI=1S/C13H17BrClNO2/c1-16(7-3-2-4-8-17)13(18)10-5-6-12(15)11(14)9-10/h5-6,9,17H,2-4,7-8H2,1H3. The van der Waals surface area contributed by atoms with E-state index >= 15 is 0 Å². The molecule has 1 aromatic rings. The molecule has 0 aromatic heterocycles. The lowest BCUT2D eigenvalue weighted by Gasteiger charge is -2.17. The third kappa shape index (κ3) is 4.59. The molecule has 0 spiro atoms. The highest BCUT2D eigenvalue weighted by atomic mass is 79.9. The Morgan fingerprint density at radius 1 is 1.39 bits per heavy atom. The first kappa shape index (κ1) is 15.5. The smallest absolute Gasteiger partial charge is 0.253 e. The van der Waals surface area contributed by atoms with E-state index in [-0.39, 0.29) is 12.5 Å². The van der Waals surface area contributed by atoms with Crippen LogP contribution in [0.15, 0.2) is 22.7 Å². The summed E-state index contributed by atoms with van der Waals surface area (Å²) in [6.45, 7) is 0.904. The highest BCUT2D eigenvalue weighted by molar-refractivity contribution is 9.10. The van der Waals surface area contributed by atoms with Crippen molar-refractivity contribution in [3.63, 3.8) is 0 Å². The number of amides is 1. The quantitative estimate of drug-likeness (QED) is 0.811. The van der Waals surface area contributed by atoms with E-state index in [0.717, 1.165) is 23.7 Å². The van der Waals surface area contributed by atoms with Crippen LogP contribution in [0, 0.1) is 0 Å². The van der Waals surface area contributed by atoms with Crippen LogP contribution >= 0.6 is 27.5 Å². The molecule has 0 aliphatic rings. The lowest BCUT2D eigenvalue weighted by molar-refractivity contribution is 0.0792. The minimum absolute atomic E-state index is 0.0173. The molecule has 0 unspecified atom stereocenters. The summed E-state index contributed by atoms with van der Waals surface area (Å²) in [4.78, 5) is 13.8. The number of unbranched alkanes of at least 4 members (excludes halogenated alkanes) is 2. The Labute approximate surface area is 121 Å². The number of aliphatic hydroxyl groups excluding tert-OH is 1. The first-order valence-corrected chi connectivity index (χ1v) is 7.04. The normalized spacial score (nSPS) is 10.4. The van der Waals surface area contributed by atoms with Crippen molar-refractivity contribution in [3.05, 3.63) is 33.3 Å². The summed E-state index contributed by atoms with van der Waals surface area (Å²) < 4.78 is 0.726. The summed E-state index contributed by atoms with van der Waals surface area (Å²) in [5.41, 5.74) is 0.621. The highest BCUT2D eigenvalue weighted by Gasteiger charge is 2.12. The molecular formula is C13H17BrClNO2. The topological polar surface area (TPSA) is 40.5 Å². The molecule has 3 nitrogen and oxygen atoms in total. The summed E-state index contributed by atoms with van der Waals surface area (Å²) in [7, 11) is 1.78. The van der Waals surface area contributed by atoms with E-state index in [4.69, 9.17) is 16.7 Å². The molecule has 1 amide bonds. The third-order valence-corrected chi connectivity index (χ3v) is 3.88. The third-order valence-electron chi connectivity index (χ3n) is 2.66. The number of hydrogen-bond donors (Lipinski definition) is 1. The Morgan fingerprint density at radius 2 is 2.11 bits per heavy atom. The maximum Gasteiger partial charge on any atom is 0.253 e. The van der Waals surface area contributed by atoms with Crippen molar-refractivity contribution in [2.75, 3.05) is 20.2 Å². The fourth-order valence-electron chi connectivity index (χ4n) is 1.59. The Hall–Kier alpha value is -0.580. The van der Waals surface area contributed by atoms with Crippen LogP contribution in [0.5, 0.6) is 0 Å². The Bertz CT molecular complexity index is 412. The van der Waals surface area contributed by atoms with E-state index in [1.807, 2.05) is 0 Å². The fraction of sp³-hybridized carbons (Fsp3) is 0.462. The molecule has 0 radical (unpaired) electrons. The molecule has 0 aliphatic carbocycles. The van der Waals surface area contributed by atoms with Gasteiger partial charge >= 0.3 is 0 Å². The van der Waals surface area contributed by atoms with Crippen LogP contribution in [0.2, 0.25) is 5.02 Å². The van der Waals surface area contributed by atoms with Crippen LogP contribution in [-0.2, 0) is 0 Å². The minimum atomic E-state index is -0.0173. The molecule has 100 valence electrons. The monoisotopic (exact) mass is 333 g/mol. The number of carbonyl (C=O) groups is 1. The van der Waals surface area contributed by atoms with Gasteiger partial charge in [-0.05, 0) is 53.4 Å². The van der Waals surface area contributed by atoms with Gasteiger partial charge in [-0.15, -0.1) is 0 Å². The van der Waals surface area contributed by atoms with Crippen LogP contribution in [0.25, 0.3) is 0 Å². The van der Waals surface area contributed by atoms with Crippen molar-refractivity contribution in [2.45, 2.75) is 19.3 Å². The Balaban J connectivity index is 2.54. The van der Waals surface area contributed by atoms with Gasteiger partial charge in [0.25, 0.3) is 5.91 Å². The highest BCUT2D eigenvalue weighted by Crippen LogP contribution is 2.23. The molecule has 0 heterocycles. The fourth-order valence-corrected chi connectivity index (χ4v) is 2.08. The molecular weight excluding hydrogens is 318 g/mol. The van der Waals surface area contributed by atoms with E-state index in [1.54, 1.807) is 30.1 Å². The molecule has 1 aromatic carbocycles. The van der Waals surface area contributed by atoms with Crippen molar-refractivity contribution in [1.29, 1.82) is 0 Å². The average molecular weight is 335 g/mol. The van der Waals surface area contributed by atoms with E-state index in [0.29, 0.717) is 17.1 Å². The second kappa shape index (κ2) is 7.77. The molecule has 0 aliphatic heterocycles. The van der Waals surface area contributed by atoms with Gasteiger partial charge in [-0.25, -0.2) is 0 Å². The lowest BCUT2D eigenvalue weighted by atomic mass is 10.2. The Morgan fingerprint density at radius 3 is 2.72 bits per heavy atom. The zero-order chi connectivity index (χ0) is 13.5. The molecule has 0 fully saturated rings. The molecule has 0 saturated heterocycles. The van der Waals surface area contributed by atoms with Crippen LogP contribution in [0.3, 0.4) is 0 Å². The molecule has 0 bridgehead atoms. The van der Waals surface area contributed by atoms with E-state index in [1.165, 1.54) is 0 Å². The largest absolute Gasteiger partial charge is 0.396 e. The lowest BCUT2D eigenvalue weighted by Crippen LogP contribution is -2.27. The average Bonchev–Trinajstić information content (AvgIpc) is 2.37. The van der Waals surface area contributed by atoms with Crippen molar-refractivity contribution >= 4 is 33.4 Å². The van der Waals surface area contributed by atoms with Gasteiger partial charge in [-0.2, -0.15) is 0 Å². The number of aliphatic hydroxyl groups is 1. The SMILES string of the molecule is CN(CCCCCO)C(=O)c1ccc(Cl)c(Br)c1. The number of carbonyl (C=O) groups excluding carboxylic acids is 1. The zero-order valence-corrected chi connectivity index (χ0v) is 12.7. The molecule has 5 heteroatoms. The van der Waals surface area contributed by atoms with Crippen molar-refractivity contribution < 1.29 is 9.90 Å². The van der Waals surface area contributed by atoms with Gasteiger partial charge in [0.15, 0.2) is 0 Å². The predicted molar refractivity (Wildman–Crippen MR) is 77.0 cm³/mol. The molecule has 1 N–H and O–H groups in total. The maximum absolute atomic E-state index is 12.1. The predicted octanol–water partition coefficient (Wildman–Crippen LogP) is 3.34. The van der Waals surface area contributed by atoms with Crippen molar-refractivity contribution in [2.24, 2.45) is 0 Å². The van der Waals surface area contributed by atoms with Gasteiger partial charge in [0.1, 0.15) is 0 Å². The van der Waals surface area contributed by atoms with Crippen molar-refractivity contribution in [3.8, 4) is 0 Å². The summed E-state index contributed by atoms with van der Waals surface area (Å²) in [5.74, 6) is -0.0173. The number of nitrogens with zero attached hydrogens (tertiary/aromatic N) is 1. The summed E-state index contributed by atoms with van der Waals surface area (Å²) in [6.07, 6.45) is 2.62. The first-order chi connectivity index (χ1) is 8.56. The van der Waals surface area contributed by atoms with Gasteiger partial charge < -0.3 is 10.0 Å². The summed E-state index contributed by atoms with van der Waals surface area (Å²) >= 11 is 9.19. The second-order valence-corrected chi connectivity index (χ2v) is 5.40. The van der Waals surface area contributed by atoms with Crippen LogP contribution in [-0.4, -0.2) is 36.1 Å². The zero-order valence-electron chi connectivity index (χ0n) is 10.3. The molecule has 0 saturated carbocycles. The summed E-state index contributed by atoms with van der Waals surface area (Å²) in [5, 5.41) is 9.27. The summed E-state index contributed by atoms with van der Waals surface area (Å²) in [6, 6.07) is 5.16.